The first-order valence-electron chi connectivity index (χ1n) is 7.32. The van der Waals surface area contributed by atoms with E-state index in [1.165, 1.54) is 23.4 Å². The molecule has 21 heavy (non-hydrogen) atoms. The molecule has 0 atom stereocenters. The lowest BCUT2D eigenvalue weighted by Crippen LogP contribution is -2.24. The lowest BCUT2D eigenvalue weighted by molar-refractivity contribution is 0.768. The molecule has 0 unspecified atom stereocenters. The predicted molar refractivity (Wildman–Crippen MR) is 87.9 cm³/mol. The molecule has 0 bridgehead atoms. The second-order valence-electron chi connectivity index (χ2n) is 5.49. The highest BCUT2D eigenvalue weighted by atomic mass is 15.1. The smallest absolute Gasteiger partial charge is 0.0743 e. The molecule has 1 aliphatic heterocycles. The van der Waals surface area contributed by atoms with Crippen molar-refractivity contribution in [1.29, 1.82) is 0 Å². The number of benzene rings is 2. The average Bonchev–Trinajstić information content (AvgIpc) is 2.53. The molecule has 104 valence electrons. The first-order chi connectivity index (χ1) is 10.3. The van der Waals surface area contributed by atoms with E-state index in [1.807, 2.05) is 18.3 Å². The quantitative estimate of drug-likeness (QED) is 0.685. The van der Waals surface area contributed by atoms with E-state index in [0.29, 0.717) is 0 Å². The predicted octanol–water partition coefficient (Wildman–Crippen LogP) is 3.90. The number of anilines is 3. The lowest BCUT2D eigenvalue weighted by atomic mass is 10.0. The van der Waals surface area contributed by atoms with Crippen LogP contribution in [0.25, 0.3) is 10.9 Å². The molecule has 3 aromatic rings. The van der Waals surface area contributed by atoms with Crippen LogP contribution in [-0.2, 0) is 6.42 Å². The summed E-state index contributed by atoms with van der Waals surface area (Å²) in [5.74, 6) is 0. The Morgan fingerprint density at radius 2 is 1.90 bits per heavy atom. The monoisotopic (exact) mass is 275 g/mol. The first kappa shape index (κ1) is 12.2. The Labute approximate surface area is 124 Å². The minimum Gasteiger partial charge on any atom is -0.399 e. The standard InChI is InChI=1S/C18H17N3/c19-14-7-8-15-16(12-14)20-10-9-18(15)21-11-3-5-13-4-1-2-6-17(13)21/h1-2,4,6-10,12H,3,5,11,19H2. The van der Waals surface area contributed by atoms with Crippen LogP contribution in [0, 0.1) is 0 Å². The number of para-hydroxylation sites is 1. The zero-order valence-corrected chi connectivity index (χ0v) is 11.8. The Morgan fingerprint density at radius 1 is 1.00 bits per heavy atom. The van der Waals surface area contributed by atoms with Crippen LogP contribution < -0.4 is 10.6 Å². The van der Waals surface area contributed by atoms with Gasteiger partial charge < -0.3 is 10.6 Å². The van der Waals surface area contributed by atoms with Crippen LogP contribution >= 0.6 is 0 Å². The maximum absolute atomic E-state index is 5.88. The number of hydrogen-bond donors (Lipinski definition) is 1. The summed E-state index contributed by atoms with van der Waals surface area (Å²) >= 11 is 0. The summed E-state index contributed by atoms with van der Waals surface area (Å²) in [6.07, 6.45) is 4.20. The number of nitrogen functional groups attached to an aromatic ring is 1. The van der Waals surface area contributed by atoms with Gasteiger partial charge in [-0.25, -0.2) is 0 Å². The largest absolute Gasteiger partial charge is 0.399 e. The van der Waals surface area contributed by atoms with E-state index in [4.69, 9.17) is 5.73 Å². The van der Waals surface area contributed by atoms with Gasteiger partial charge in [0.15, 0.2) is 0 Å². The Hall–Kier alpha value is -2.55. The highest BCUT2D eigenvalue weighted by molar-refractivity contribution is 5.95. The van der Waals surface area contributed by atoms with Gasteiger partial charge in [-0.3, -0.25) is 4.98 Å². The molecule has 0 amide bonds. The third-order valence-electron chi connectivity index (χ3n) is 4.14. The highest BCUT2D eigenvalue weighted by Crippen LogP contribution is 2.36. The molecule has 0 fully saturated rings. The van der Waals surface area contributed by atoms with Gasteiger partial charge in [-0.05, 0) is 48.7 Å². The van der Waals surface area contributed by atoms with Gasteiger partial charge in [-0.15, -0.1) is 0 Å². The van der Waals surface area contributed by atoms with Crippen LogP contribution in [0.1, 0.15) is 12.0 Å². The molecule has 0 radical (unpaired) electrons. The second kappa shape index (κ2) is 4.77. The third-order valence-corrected chi connectivity index (χ3v) is 4.14. The Kier molecular flexibility index (Phi) is 2.78. The van der Waals surface area contributed by atoms with Crippen LogP contribution in [0.4, 0.5) is 17.1 Å². The molecule has 1 aromatic heterocycles. The van der Waals surface area contributed by atoms with Crippen molar-refractivity contribution in [3.05, 3.63) is 60.3 Å². The van der Waals surface area contributed by atoms with Gasteiger partial charge in [0.25, 0.3) is 0 Å². The van der Waals surface area contributed by atoms with Crippen LogP contribution in [0.3, 0.4) is 0 Å². The Balaban J connectivity index is 1.92. The normalized spacial score (nSPS) is 14.2. The molecule has 1 aliphatic rings. The van der Waals surface area contributed by atoms with E-state index in [9.17, 15) is 0 Å². The fourth-order valence-electron chi connectivity index (χ4n) is 3.17. The molecule has 0 saturated carbocycles. The molecule has 0 spiro atoms. The van der Waals surface area contributed by atoms with Crippen LogP contribution in [-0.4, -0.2) is 11.5 Å². The number of fused-ring (bicyclic) bond motifs is 2. The molecule has 3 nitrogen and oxygen atoms in total. The third kappa shape index (κ3) is 2.02. The zero-order chi connectivity index (χ0) is 14.2. The maximum Gasteiger partial charge on any atom is 0.0743 e. The lowest BCUT2D eigenvalue weighted by Gasteiger charge is -2.32. The van der Waals surface area contributed by atoms with Crippen molar-refractivity contribution >= 4 is 28.0 Å². The highest BCUT2D eigenvalue weighted by Gasteiger charge is 2.19. The molecule has 2 heterocycles. The van der Waals surface area contributed by atoms with Gasteiger partial charge in [0.05, 0.1) is 11.2 Å². The summed E-state index contributed by atoms with van der Waals surface area (Å²) < 4.78 is 0. The molecule has 3 heteroatoms. The summed E-state index contributed by atoms with van der Waals surface area (Å²) in [5.41, 5.74) is 11.5. The van der Waals surface area contributed by atoms with Crippen molar-refractivity contribution < 1.29 is 0 Å². The number of hydrogen-bond acceptors (Lipinski definition) is 3. The molecule has 2 aromatic carbocycles. The SMILES string of the molecule is Nc1ccc2c(N3CCCc4ccccc43)ccnc2c1. The molecule has 0 saturated heterocycles. The molecule has 2 N–H and O–H groups in total. The summed E-state index contributed by atoms with van der Waals surface area (Å²) in [4.78, 5) is 6.85. The summed E-state index contributed by atoms with van der Waals surface area (Å²) in [6, 6.07) is 16.7. The van der Waals surface area contributed by atoms with E-state index < -0.39 is 0 Å². The van der Waals surface area contributed by atoms with E-state index >= 15 is 0 Å². The molecular weight excluding hydrogens is 258 g/mol. The summed E-state index contributed by atoms with van der Waals surface area (Å²) in [7, 11) is 0. The van der Waals surface area contributed by atoms with E-state index in [0.717, 1.165) is 29.6 Å². The molecule has 4 rings (SSSR count). The van der Waals surface area contributed by atoms with Crippen LogP contribution in [0.2, 0.25) is 0 Å². The number of rotatable bonds is 1. The van der Waals surface area contributed by atoms with Crippen molar-refractivity contribution in [2.24, 2.45) is 0 Å². The van der Waals surface area contributed by atoms with Gasteiger partial charge in [-0.2, -0.15) is 0 Å². The fourth-order valence-corrected chi connectivity index (χ4v) is 3.17. The molecule has 0 aliphatic carbocycles. The Bertz CT molecular complexity index is 810. The van der Waals surface area contributed by atoms with Crippen LogP contribution in [0.5, 0.6) is 0 Å². The minimum absolute atomic E-state index is 0.756. The van der Waals surface area contributed by atoms with E-state index in [-0.39, 0.29) is 0 Å². The van der Waals surface area contributed by atoms with Crippen molar-refractivity contribution in [1.82, 2.24) is 4.98 Å². The van der Waals surface area contributed by atoms with Gasteiger partial charge >= 0.3 is 0 Å². The van der Waals surface area contributed by atoms with Gasteiger partial charge in [0.2, 0.25) is 0 Å². The van der Waals surface area contributed by atoms with Gasteiger partial charge in [-0.1, -0.05) is 18.2 Å². The Morgan fingerprint density at radius 3 is 2.86 bits per heavy atom. The van der Waals surface area contributed by atoms with E-state index in [1.54, 1.807) is 0 Å². The van der Waals surface area contributed by atoms with Gasteiger partial charge in [0, 0.05) is 29.5 Å². The van der Waals surface area contributed by atoms with Crippen LogP contribution in [0.15, 0.2) is 54.7 Å². The summed E-state index contributed by atoms with van der Waals surface area (Å²) in [5, 5.41) is 1.16. The maximum atomic E-state index is 5.88. The number of aryl methyl sites for hydroxylation is 1. The topological polar surface area (TPSA) is 42.1 Å². The van der Waals surface area contributed by atoms with Crippen molar-refractivity contribution in [2.45, 2.75) is 12.8 Å². The van der Waals surface area contributed by atoms with E-state index in [2.05, 4.69) is 46.3 Å². The minimum atomic E-state index is 0.756. The van der Waals surface area contributed by atoms with Gasteiger partial charge in [0.1, 0.15) is 0 Å². The zero-order valence-electron chi connectivity index (χ0n) is 11.8. The first-order valence-corrected chi connectivity index (χ1v) is 7.32. The van der Waals surface area contributed by atoms with Crippen molar-refractivity contribution in [2.75, 3.05) is 17.2 Å². The second-order valence-corrected chi connectivity index (χ2v) is 5.49. The average molecular weight is 275 g/mol. The molecular formula is C18H17N3. The fraction of sp³-hybridized carbons (Fsp3) is 0.167. The van der Waals surface area contributed by atoms with Crippen molar-refractivity contribution in [3.8, 4) is 0 Å². The number of aromatic nitrogens is 1. The number of nitrogens with zero attached hydrogens (tertiary/aromatic N) is 2. The number of nitrogens with two attached hydrogens (primary N) is 1. The number of pyridine rings is 1. The summed E-state index contributed by atoms with van der Waals surface area (Å²) in [6.45, 7) is 1.04. The van der Waals surface area contributed by atoms with Crippen molar-refractivity contribution in [3.63, 3.8) is 0 Å².